The standard InChI is InChI=1S/C20H23N3O2.ClH/c1-2-25-16-5-3-14(4-6-16)15-8-11-21-18(13-15)17-7-9-20(23-17)10-12-22-19(20)24;/h3-6,8,11,13,17,23H,2,7,9-10,12H2,1H3,(H,22,24);1H/t17-,20-;/m1./s1. The summed E-state index contributed by atoms with van der Waals surface area (Å²) in [6, 6.07) is 12.4. The smallest absolute Gasteiger partial charge is 0.240 e. The van der Waals surface area contributed by atoms with Gasteiger partial charge in [-0.15, -0.1) is 12.4 Å². The molecule has 2 atom stereocenters. The second-order valence-corrected chi connectivity index (χ2v) is 6.75. The normalized spacial score (nSPS) is 24.3. The fraction of sp³-hybridized carbons (Fsp3) is 0.400. The number of hydrogen-bond donors (Lipinski definition) is 2. The Hall–Kier alpha value is -2.11. The van der Waals surface area contributed by atoms with Gasteiger partial charge in [0.15, 0.2) is 0 Å². The molecule has 2 aliphatic heterocycles. The minimum atomic E-state index is -0.387. The molecular formula is C20H24ClN3O2. The second-order valence-electron chi connectivity index (χ2n) is 6.75. The van der Waals surface area contributed by atoms with Gasteiger partial charge >= 0.3 is 0 Å². The second kappa shape index (κ2) is 7.64. The minimum Gasteiger partial charge on any atom is -0.494 e. The monoisotopic (exact) mass is 373 g/mol. The van der Waals surface area contributed by atoms with Gasteiger partial charge in [-0.05, 0) is 61.6 Å². The van der Waals surface area contributed by atoms with Crippen molar-refractivity contribution in [2.75, 3.05) is 13.2 Å². The molecule has 2 aliphatic rings. The van der Waals surface area contributed by atoms with Crippen LogP contribution >= 0.6 is 12.4 Å². The molecule has 4 rings (SSSR count). The molecule has 0 aliphatic carbocycles. The number of amides is 1. The summed E-state index contributed by atoms with van der Waals surface area (Å²) in [5, 5.41) is 6.49. The number of carbonyl (C=O) groups is 1. The Morgan fingerprint density at radius 1 is 1.19 bits per heavy atom. The maximum Gasteiger partial charge on any atom is 0.240 e. The third kappa shape index (κ3) is 3.41. The maximum atomic E-state index is 12.1. The summed E-state index contributed by atoms with van der Waals surface area (Å²) >= 11 is 0. The lowest BCUT2D eigenvalue weighted by molar-refractivity contribution is -0.124. The molecule has 5 nitrogen and oxygen atoms in total. The Balaban J connectivity index is 0.00000196. The average Bonchev–Trinajstić information content (AvgIpc) is 3.24. The highest BCUT2D eigenvalue weighted by atomic mass is 35.5. The van der Waals surface area contributed by atoms with E-state index in [9.17, 15) is 4.79 Å². The molecule has 0 saturated carbocycles. The van der Waals surface area contributed by atoms with Crippen molar-refractivity contribution in [2.24, 2.45) is 0 Å². The Morgan fingerprint density at radius 2 is 2.00 bits per heavy atom. The van der Waals surface area contributed by atoms with Crippen LogP contribution in [0.3, 0.4) is 0 Å². The highest BCUT2D eigenvalue weighted by molar-refractivity contribution is 5.88. The number of hydrogen-bond acceptors (Lipinski definition) is 4. The number of halogens is 1. The Labute approximate surface area is 160 Å². The van der Waals surface area contributed by atoms with E-state index < -0.39 is 0 Å². The summed E-state index contributed by atoms with van der Waals surface area (Å²) in [5.74, 6) is 1.02. The third-order valence-electron chi connectivity index (χ3n) is 5.22. The molecule has 138 valence electrons. The molecule has 2 fully saturated rings. The van der Waals surface area contributed by atoms with Crippen molar-refractivity contribution in [1.29, 1.82) is 0 Å². The first kappa shape index (κ1) is 18.7. The van der Waals surface area contributed by atoms with Crippen LogP contribution in [0, 0.1) is 0 Å². The summed E-state index contributed by atoms with van der Waals surface area (Å²) < 4.78 is 5.51. The van der Waals surface area contributed by atoms with Crippen molar-refractivity contribution in [3.8, 4) is 16.9 Å². The molecule has 1 aromatic heterocycles. The number of carbonyl (C=O) groups excluding carboxylic acids is 1. The van der Waals surface area contributed by atoms with Crippen LogP contribution in [0.15, 0.2) is 42.6 Å². The van der Waals surface area contributed by atoms with E-state index in [1.807, 2.05) is 31.3 Å². The van der Waals surface area contributed by atoms with Crippen LogP contribution < -0.4 is 15.4 Å². The van der Waals surface area contributed by atoms with Crippen molar-refractivity contribution in [1.82, 2.24) is 15.6 Å². The zero-order chi connectivity index (χ0) is 17.3. The Morgan fingerprint density at radius 3 is 2.69 bits per heavy atom. The Kier molecular flexibility index (Phi) is 5.49. The van der Waals surface area contributed by atoms with E-state index in [1.165, 1.54) is 0 Å². The SMILES string of the molecule is CCOc1ccc(-c2ccnc([C@H]3CC[C@]4(CCNC4=O)N3)c2)cc1.Cl. The van der Waals surface area contributed by atoms with Crippen LogP contribution in [0.25, 0.3) is 11.1 Å². The molecule has 0 radical (unpaired) electrons. The minimum absolute atomic E-state index is 0. The molecule has 0 unspecified atom stereocenters. The van der Waals surface area contributed by atoms with Crippen LogP contribution in [0.2, 0.25) is 0 Å². The predicted molar refractivity (Wildman–Crippen MR) is 104 cm³/mol. The van der Waals surface area contributed by atoms with Gasteiger partial charge in [0, 0.05) is 12.7 Å². The summed E-state index contributed by atoms with van der Waals surface area (Å²) in [4.78, 5) is 16.7. The highest BCUT2D eigenvalue weighted by Gasteiger charge is 2.48. The first-order valence-electron chi connectivity index (χ1n) is 8.95. The molecule has 1 amide bonds. The van der Waals surface area contributed by atoms with Crippen LogP contribution in [0.4, 0.5) is 0 Å². The number of nitrogens with one attached hydrogen (secondary N) is 2. The number of rotatable bonds is 4. The number of nitrogens with zero attached hydrogens (tertiary/aromatic N) is 1. The van der Waals surface area contributed by atoms with E-state index in [0.717, 1.165) is 48.4 Å². The number of benzene rings is 1. The predicted octanol–water partition coefficient (Wildman–Crippen LogP) is 3.25. The number of aromatic nitrogens is 1. The van der Waals surface area contributed by atoms with Gasteiger partial charge in [0.2, 0.25) is 5.91 Å². The van der Waals surface area contributed by atoms with Crippen LogP contribution in [0.5, 0.6) is 5.75 Å². The summed E-state index contributed by atoms with van der Waals surface area (Å²) in [6.07, 6.45) is 4.52. The lowest BCUT2D eigenvalue weighted by Gasteiger charge is -2.21. The molecule has 2 aromatic rings. The van der Waals surface area contributed by atoms with Crippen LogP contribution in [-0.4, -0.2) is 29.6 Å². The lowest BCUT2D eigenvalue weighted by Crippen LogP contribution is -2.47. The fourth-order valence-electron chi connectivity index (χ4n) is 3.87. The van der Waals surface area contributed by atoms with Crippen LogP contribution in [0.1, 0.15) is 37.9 Å². The molecular weight excluding hydrogens is 350 g/mol. The van der Waals surface area contributed by atoms with Crippen molar-refractivity contribution in [3.05, 3.63) is 48.3 Å². The highest BCUT2D eigenvalue weighted by Crippen LogP contribution is 2.37. The van der Waals surface area contributed by atoms with Crippen LogP contribution in [-0.2, 0) is 4.79 Å². The molecule has 3 heterocycles. The van der Waals surface area contributed by atoms with Gasteiger partial charge in [0.1, 0.15) is 11.3 Å². The first-order chi connectivity index (χ1) is 12.2. The largest absolute Gasteiger partial charge is 0.494 e. The first-order valence-corrected chi connectivity index (χ1v) is 8.95. The van der Waals surface area contributed by atoms with Gasteiger partial charge < -0.3 is 10.1 Å². The Bertz CT molecular complexity index is 781. The maximum absolute atomic E-state index is 12.1. The van der Waals surface area contributed by atoms with Gasteiger partial charge in [0.05, 0.1) is 18.3 Å². The topological polar surface area (TPSA) is 63.2 Å². The summed E-state index contributed by atoms with van der Waals surface area (Å²) in [7, 11) is 0. The zero-order valence-electron chi connectivity index (χ0n) is 14.8. The van der Waals surface area contributed by atoms with E-state index in [2.05, 4.69) is 33.8 Å². The number of ether oxygens (including phenoxy) is 1. The molecule has 1 spiro atoms. The number of pyridine rings is 1. The summed E-state index contributed by atoms with van der Waals surface area (Å²) in [6.45, 7) is 3.41. The average molecular weight is 374 g/mol. The van der Waals surface area contributed by atoms with Crippen molar-refractivity contribution in [3.63, 3.8) is 0 Å². The molecule has 0 bridgehead atoms. The molecule has 2 saturated heterocycles. The fourth-order valence-corrected chi connectivity index (χ4v) is 3.87. The van der Waals surface area contributed by atoms with Crippen molar-refractivity contribution in [2.45, 2.75) is 37.8 Å². The van der Waals surface area contributed by atoms with Crippen molar-refractivity contribution < 1.29 is 9.53 Å². The quantitative estimate of drug-likeness (QED) is 0.863. The molecule has 1 aromatic carbocycles. The summed E-state index contributed by atoms with van der Waals surface area (Å²) in [5.41, 5.74) is 2.88. The van der Waals surface area contributed by atoms with Gasteiger partial charge in [-0.2, -0.15) is 0 Å². The van der Waals surface area contributed by atoms with E-state index in [1.54, 1.807) is 0 Å². The molecule has 2 N–H and O–H groups in total. The van der Waals surface area contributed by atoms with E-state index in [0.29, 0.717) is 6.61 Å². The molecule has 6 heteroatoms. The van der Waals surface area contributed by atoms with Gasteiger partial charge in [-0.3, -0.25) is 15.1 Å². The van der Waals surface area contributed by atoms with Gasteiger partial charge in [-0.25, -0.2) is 0 Å². The lowest BCUT2D eigenvalue weighted by atomic mass is 9.96. The van der Waals surface area contributed by atoms with Gasteiger partial charge in [0.25, 0.3) is 0 Å². The third-order valence-corrected chi connectivity index (χ3v) is 5.22. The molecule has 26 heavy (non-hydrogen) atoms. The van der Waals surface area contributed by atoms with E-state index in [-0.39, 0.29) is 29.9 Å². The van der Waals surface area contributed by atoms with E-state index >= 15 is 0 Å². The zero-order valence-corrected chi connectivity index (χ0v) is 15.6. The van der Waals surface area contributed by atoms with Gasteiger partial charge in [-0.1, -0.05) is 12.1 Å². The van der Waals surface area contributed by atoms with E-state index in [4.69, 9.17) is 4.74 Å². The van der Waals surface area contributed by atoms with Crippen molar-refractivity contribution >= 4 is 18.3 Å².